The van der Waals surface area contributed by atoms with Crippen molar-refractivity contribution < 1.29 is 28.8 Å². The van der Waals surface area contributed by atoms with Gasteiger partial charge in [-0.05, 0) is 42.8 Å². The Hall–Kier alpha value is -3.22. The second kappa shape index (κ2) is 7.12. The molecule has 25 heavy (non-hydrogen) atoms. The summed E-state index contributed by atoms with van der Waals surface area (Å²) in [6.45, 7) is 1.67. The molecule has 0 unspecified atom stereocenters. The predicted molar refractivity (Wildman–Crippen MR) is 90.5 cm³/mol. The molecule has 1 aliphatic heterocycles. The van der Waals surface area contributed by atoms with Crippen molar-refractivity contribution in [3.05, 3.63) is 42.0 Å². The van der Waals surface area contributed by atoms with Crippen LogP contribution in [0.15, 0.2) is 41.4 Å². The Labute approximate surface area is 144 Å². The van der Waals surface area contributed by atoms with E-state index < -0.39 is 12.1 Å². The van der Waals surface area contributed by atoms with E-state index >= 15 is 0 Å². The van der Waals surface area contributed by atoms with Gasteiger partial charge in [-0.25, -0.2) is 4.79 Å². The highest BCUT2D eigenvalue weighted by molar-refractivity contribution is 5.83. The van der Waals surface area contributed by atoms with Crippen LogP contribution in [0.5, 0.6) is 23.0 Å². The molecule has 0 spiro atoms. The smallest absolute Gasteiger partial charge is 0.344 e. The number of hydrogen-bond donors (Lipinski definition) is 1. The van der Waals surface area contributed by atoms with Gasteiger partial charge in [0, 0.05) is 12.3 Å². The molecule has 1 heterocycles. The van der Waals surface area contributed by atoms with Gasteiger partial charge >= 0.3 is 5.97 Å². The number of hydrogen-bond acceptors (Lipinski definition) is 6. The monoisotopic (exact) mass is 343 g/mol. The number of carbonyl (C=O) groups is 1. The minimum Gasteiger partial charge on any atom is -0.493 e. The van der Waals surface area contributed by atoms with Gasteiger partial charge in [0.1, 0.15) is 0 Å². The number of carboxylic acid groups (broad SMARTS) is 1. The molecule has 2 aromatic rings. The van der Waals surface area contributed by atoms with E-state index in [0.29, 0.717) is 23.0 Å². The average molecular weight is 343 g/mol. The topological polar surface area (TPSA) is 86.6 Å². The van der Waals surface area contributed by atoms with Crippen LogP contribution in [-0.4, -0.2) is 37.3 Å². The minimum atomic E-state index is -1.05. The van der Waals surface area contributed by atoms with Crippen LogP contribution in [0.2, 0.25) is 0 Å². The van der Waals surface area contributed by atoms with Crippen LogP contribution in [0.25, 0.3) is 0 Å². The predicted octanol–water partition coefficient (Wildman–Crippen LogP) is 3.03. The third-order valence-corrected chi connectivity index (χ3v) is 3.56. The molecule has 3 rings (SSSR count). The molecule has 1 atom stereocenters. The van der Waals surface area contributed by atoms with Gasteiger partial charge in [0.25, 0.3) is 0 Å². The molecular formula is C18H17NO6. The molecule has 1 N–H and O–H groups in total. The summed E-state index contributed by atoms with van der Waals surface area (Å²) in [6, 6.07) is 10.6. The number of aliphatic imine (C=N–C) groups is 1. The maximum atomic E-state index is 10.9. The summed E-state index contributed by atoms with van der Waals surface area (Å²) >= 11 is 0. The fourth-order valence-corrected chi connectivity index (χ4v) is 2.22. The van der Waals surface area contributed by atoms with Crippen molar-refractivity contribution in [2.75, 3.05) is 13.9 Å². The third kappa shape index (κ3) is 3.82. The molecule has 2 aromatic carbocycles. The summed E-state index contributed by atoms with van der Waals surface area (Å²) in [5, 5.41) is 8.93. The fourth-order valence-electron chi connectivity index (χ4n) is 2.22. The quantitative estimate of drug-likeness (QED) is 0.811. The van der Waals surface area contributed by atoms with Gasteiger partial charge in [-0.2, -0.15) is 0 Å². The standard InChI is InChI=1S/C18H17NO6/c1-11(18(20)21)25-15-5-3-12(7-16(15)22-2)9-19-13-4-6-14-17(8-13)24-10-23-14/h3-9,11H,10H2,1-2H3,(H,20,21)/t11-/m1/s1. The van der Waals surface area contributed by atoms with E-state index in [4.69, 9.17) is 24.1 Å². The first-order valence-corrected chi connectivity index (χ1v) is 7.58. The third-order valence-electron chi connectivity index (χ3n) is 3.56. The summed E-state index contributed by atoms with van der Waals surface area (Å²) in [4.78, 5) is 15.3. The summed E-state index contributed by atoms with van der Waals surface area (Å²) < 4.78 is 21.2. The molecule has 0 fully saturated rings. The van der Waals surface area contributed by atoms with Crippen LogP contribution in [0.1, 0.15) is 12.5 Å². The SMILES string of the molecule is COc1cc(C=Nc2ccc3c(c2)OCO3)ccc1O[C@H](C)C(=O)O. The fraction of sp³-hybridized carbons (Fsp3) is 0.222. The Kier molecular flexibility index (Phi) is 4.74. The van der Waals surface area contributed by atoms with Crippen molar-refractivity contribution in [2.24, 2.45) is 4.99 Å². The molecule has 7 heteroatoms. The van der Waals surface area contributed by atoms with Crippen molar-refractivity contribution in [1.82, 2.24) is 0 Å². The Morgan fingerprint density at radius 3 is 2.76 bits per heavy atom. The lowest BCUT2D eigenvalue weighted by Crippen LogP contribution is -2.23. The normalized spacial score (nSPS) is 13.7. The zero-order valence-electron chi connectivity index (χ0n) is 13.8. The van der Waals surface area contributed by atoms with Crippen molar-refractivity contribution in [3.63, 3.8) is 0 Å². The summed E-state index contributed by atoms with van der Waals surface area (Å²) in [5.74, 6) is 1.11. The molecule has 0 saturated carbocycles. The first-order chi connectivity index (χ1) is 12.1. The lowest BCUT2D eigenvalue weighted by molar-refractivity contribution is -0.144. The Morgan fingerprint density at radius 1 is 1.20 bits per heavy atom. The van der Waals surface area contributed by atoms with Gasteiger partial charge in [-0.1, -0.05) is 0 Å². The largest absolute Gasteiger partial charge is 0.493 e. The highest BCUT2D eigenvalue weighted by atomic mass is 16.7. The molecule has 0 aliphatic carbocycles. The first kappa shape index (κ1) is 16.6. The molecule has 0 radical (unpaired) electrons. The van der Waals surface area contributed by atoms with Gasteiger partial charge in [-0.3, -0.25) is 4.99 Å². The Bertz CT molecular complexity index is 817. The number of ether oxygens (including phenoxy) is 4. The molecule has 7 nitrogen and oxygen atoms in total. The number of aliphatic carboxylic acids is 1. The van der Waals surface area contributed by atoms with Crippen LogP contribution in [-0.2, 0) is 4.79 Å². The second-order valence-electron chi connectivity index (χ2n) is 5.30. The van der Waals surface area contributed by atoms with Crippen molar-refractivity contribution >= 4 is 17.9 Å². The Morgan fingerprint density at radius 2 is 2.00 bits per heavy atom. The maximum absolute atomic E-state index is 10.9. The highest BCUT2D eigenvalue weighted by Crippen LogP contribution is 2.35. The van der Waals surface area contributed by atoms with Gasteiger partial charge in [0.15, 0.2) is 29.1 Å². The number of carboxylic acids is 1. The molecular weight excluding hydrogens is 326 g/mol. The lowest BCUT2D eigenvalue weighted by Gasteiger charge is -2.14. The van der Waals surface area contributed by atoms with Crippen LogP contribution in [0.3, 0.4) is 0 Å². The Balaban J connectivity index is 1.77. The molecule has 1 aliphatic rings. The molecule has 0 amide bonds. The number of nitrogens with zero attached hydrogens (tertiary/aromatic N) is 1. The van der Waals surface area contributed by atoms with Crippen molar-refractivity contribution in [3.8, 4) is 23.0 Å². The number of benzene rings is 2. The van der Waals surface area contributed by atoms with E-state index in [9.17, 15) is 4.79 Å². The summed E-state index contributed by atoms with van der Waals surface area (Å²) in [5.41, 5.74) is 1.51. The molecule has 130 valence electrons. The molecule has 0 bridgehead atoms. The maximum Gasteiger partial charge on any atom is 0.344 e. The van der Waals surface area contributed by atoms with Crippen LogP contribution >= 0.6 is 0 Å². The summed E-state index contributed by atoms with van der Waals surface area (Å²) in [6.07, 6.45) is 0.701. The number of methoxy groups -OCH3 is 1. The van der Waals surface area contributed by atoms with E-state index in [-0.39, 0.29) is 6.79 Å². The van der Waals surface area contributed by atoms with Crippen LogP contribution < -0.4 is 18.9 Å². The van der Waals surface area contributed by atoms with Gasteiger partial charge in [0.05, 0.1) is 12.8 Å². The second-order valence-corrected chi connectivity index (χ2v) is 5.30. The lowest BCUT2D eigenvalue weighted by atomic mass is 10.2. The number of fused-ring (bicyclic) bond motifs is 1. The van der Waals surface area contributed by atoms with Crippen LogP contribution in [0.4, 0.5) is 5.69 Å². The minimum absolute atomic E-state index is 0.218. The average Bonchev–Trinajstić information content (AvgIpc) is 3.08. The van der Waals surface area contributed by atoms with Crippen molar-refractivity contribution in [2.45, 2.75) is 13.0 Å². The van der Waals surface area contributed by atoms with E-state index in [1.54, 1.807) is 36.5 Å². The number of rotatable bonds is 6. The zero-order valence-corrected chi connectivity index (χ0v) is 13.8. The summed E-state index contributed by atoms with van der Waals surface area (Å²) in [7, 11) is 1.49. The van der Waals surface area contributed by atoms with E-state index in [1.807, 2.05) is 6.07 Å². The van der Waals surface area contributed by atoms with Crippen molar-refractivity contribution in [1.29, 1.82) is 0 Å². The van der Waals surface area contributed by atoms with Crippen LogP contribution in [0, 0.1) is 0 Å². The van der Waals surface area contributed by atoms with Gasteiger partial charge in [0.2, 0.25) is 6.79 Å². The van der Waals surface area contributed by atoms with E-state index in [2.05, 4.69) is 4.99 Å². The van der Waals surface area contributed by atoms with E-state index in [1.165, 1.54) is 14.0 Å². The highest BCUT2D eigenvalue weighted by Gasteiger charge is 2.16. The first-order valence-electron chi connectivity index (χ1n) is 7.58. The molecule has 0 saturated heterocycles. The molecule has 0 aromatic heterocycles. The van der Waals surface area contributed by atoms with Gasteiger partial charge < -0.3 is 24.1 Å². The van der Waals surface area contributed by atoms with E-state index in [0.717, 1.165) is 11.3 Å². The zero-order chi connectivity index (χ0) is 17.8. The van der Waals surface area contributed by atoms with Gasteiger partial charge in [-0.15, -0.1) is 0 Å².